The first-order chi connectivity index (χ1) is 17.4. The van der Waals surface area contributed by atoms with Crippen molar-refractivity contribution in [3.63, 3.8) is 0 Å². The molecule has 0 aromatic heterocycles. The van der Waals surface area contributed by atoms with E-state index in [1.54, 1.807) is 20.8 Å². The van der Waals surface area contributed by atoms with E-state index in [4.69, 9.17) is 4.74 Å². The molecular weight excluding hydrogens is 470 g/mol. The van der Waals surface area contributed by atoms with Gasteiger partial charge in [0.1, 0.15) is 17.7 Å². The summed E-state index contributed by atoms with van der Waals surface area (Å²) in [4.78, 5) is 41.9. The molecule has 1 saturated carbocycles. The quantitative estimate of drug-likeness (QED) is 0.422. The van der Waals surface area contributed by atoms with Gasteiger partial charge in [-0.2, -0.15) is 0 Å². The first-order valence-corrected chi connectivity index (χ1v) is 13.7. The molecule has 0 aliphatic heterocycles. The zero-order valence-corrected chi connectivity index (χ0v) is 23.7. The molecule has 0 saturated heterocycles. The third-order valence-corrected chi connectivity index (χ3v) is 7.13. The van der Waals surface area contributed by atoms with Gasteiger partial charge in [0.2, 0.25) is 11.8 Å². The Hall–Kier alpha value is -2.61. The lowest BCUT2D eigenvalue weighted by Gasteiger charge is -2.36. The van der Waals surface area contributed by atoms with Crippen molar-refractivity contribution in [1.82, 2.24) is 15.5 Å². The summed E-state index contributed by atoms with van der Waals surface area (Å²) >= 11 is 0. The highest BCUT2D eigenvalue weighted by Crippen LogP contribution is 2.27. The minimum absolute atomic E-state index is 0.0442. The summed E-state index contributed by atoms with van der Waals surface area (Å²) in [6.45, 7) is 12.7. The molecule has 8 heteroatoms. The molecule has 2 rings (SSSR count). The third-order valence-electron chi connectivity index (χ3n) is 7.13. The Morgan fingerprint density at radius 2 is 1.76 bits per heavy atom. The molecule has 1 fully saturated rings. The van der Waals surface area contributed by atoms with E-state index in [0.717, 1.165) is 43.2 Å². The van der Waals surface area contributed by atoms with Gasteiger partial charge in [-0.15, -0.1) is 0 Å². The Balaban J connectivity index is 2.47. The van der Waals surface area contributed by atoms with Gasteiger partial charge in [0.15, 0.2) is 0 Å². The molecule has 3 unspecified atom stereocenters. The Kier molecular flexibility index (Phi) is 11.4. The average Bonchev–Trinajstić information content (AvgIpc) is 2.83. The molecule has 1 aliphatic carbocycles. The highest BCUT2D eigenvalue weighted by molar-refractivity contribution is 5.92. The van der Waals surface area contributed by atoms with Crippen LogP contribution in [-0.4, -0.2) is 58.8 Å². The van der Waals surface area contributed by atoms with E-state index in [1.165, 1.54) is 4.90 Å². The lowest BCUT2D eigenvalue weighted by atomic mass is 9.93. The number of benzene rings is 1. The number of nitrogens with zero attached hydrogens (tertiary/aromatic N) is 1. The Labute approximate surface area is 222 Å². The number of alkyl carbamates (subject to hydrolysis) is 1. The minimum atomic E-state index is -0.937. The van der Waals surface area contributed by atoms with Gasteiger partial charge in [-0.1, -0.05) is 57.7 Å². The molecule has 8 nitrogen and oxygen atoms in total. The van der Waals surface area contributed by atoms with Gasteiger partial charge in [0.25, 0.3) is 0 Å². The number of aliphatic hydroxyl groups excluding tert-OH is 1. The fourth-order valence-electron chi connectivity index (χ4n) is 4.71. The first kappa shape index (κ1) is 30.6. The van der Waals surface area contributed by atoms with Crippen LogP contribution < -0.4 is 10.6 Å². The number of aliphatic hydroxyl groups is 1. The van der Waals surface area contributed by atoms with E-state index in [1.807, 2.05) is 45.9 Å². The van der Waals surface area contributed by atoms with Gasteiger partial charge in [0.05, 0.1) is 6.61 Å². The van der Waals surface area contributed by atoms with Crippen LogP contribution in [0.4, 0.5) is 4.79 Å². The molecule has 0 heterocycles. The predicted molar refractivity (Wildman–Crippen MR) is 145 cm³/mol. The number of hydrogen-bond donors (Lipinski definition) is 3. The minimum Gasteiger partial charge on any atom is -0.444 e. The maximum absolute atomic E-state index is 14.1. The Morgan fingerprint density at radius 3 is 2.30 bits per heavy atom. The van der Waals surface area contributed by atoms with Crippen LogP contribution >= 0.6 is 0 Å². The summed E-state index contributed by atoms with van der Waals surface area (Å²) in [5.41, 5.74) is 2.05. The van der Waals surface area contributed by atoms with E-state index >= 15 is 0 Å². The summed E-state index contributed by atoms with van der Waals surface area (Å²) in [7, 11) is 0. The molecule has 1 aromatic rings. The zero-order valence-electron chi connectivity index (χ0n) is 23.7. The predicted octanol–water partition coefficient (Wildman–Crippen LogP) is 4.55. The summed E-state index contributed by atoms with van der Waals surface area (Å²) in [5, 5.41) is 15.9. The van der Waals surface area contributed by atoms with Crippen LogP contribution in [0.5, 0.6) is 0 Å². The summed E-state index contributed by atoms with van der Waals surface area (Å²) < 4.78 is 5.43. The lowest BCUT2D eigenvalue weighted by Crippen LogP contribution is -2.56. The standard InChI is InChI=1S/C29H47N3O5/c1-8-19(2)24(31-28(36)37-29(5,6)7)27(35)32(16-17-33)25(22-15-14-20(3)21(4)18-22)26(34)30-23-12-10-9-11-13-23/h14-15,18-19,23-25,33H,8-13,16-17H2,1-7H3,(H,30,34)(H,31,36). The summed E-state index contributed by atoms with van der Waals surface area (Å²) in [6, 6.07) is 3.95. The second-order valence-corrected chi connectivity index (χ2v) is 11.4. The molecule has 3 amide bonds. The Bertz CT molecular complexity index is 921. The average molecular weight is 518 g/mol. The number of amides is 3. The van der Waals surface area contributed by atoms with Gasteiger partial charge in [-0.3, -0.25) is 9.59 Å². The highest BCUT2D eigenvalue weighted by Gasteiger charge is 2.38. The zero-order chi connectivity index (χ0) is 27.8. The maximum atomic E-state index is 14.1. The van der Waals surface area contributed by atoms with Crippen LogP contribution in [0.2, 0.25) is 0 Å². The van der Waals surface area contributed by atoms with E-state index in [0.29, 0.717) is 12.0 Å². The molecular formula is C29H47N3O5. The maximum Gasteiger partial charge on any atom is 0.408 e. The van der Waals surface area contributed by atoms with Gasteiger partial charge >= 0.3 is 6.09 Å². The number of hydrogen-bond acceptors (Lipinski definition) is 5. The van der Waals surface area contributed by atoms with E-state index < -0.39 is 29.7 Å². The van der Waals surface area contributed by atoms with Crippen molar-refractivity contribution in [2.75, 3.05) is 13.2 Å². The first-order valence-electron chi connectivity index (χ1n) is 13.7. The number of ether oxygens (including phenoxy) is 1. The van der Waals surface area contributed by atoms with Crippen molar-refractivity contribution in [3.8, 4) is 0 Å². The fraction of sp³-hybridized carbons (Fsp3) is 0.690. The SMILES string of the molecule is CCC(C)C(NC(=O)OC(C)(C)C)C(=O)N(CCO)C(C(=O)NC1CCCCC1)c1ccc(C)c(C)c1. The highest BCUT2D eigenvalue weighted by atomic mass is 16.6. The molecule has 3 atom stereocenters. The molecule has 37 heavy (non-hydrogen) atoms. The second kappa shape index (κ2) is 13.8. The van der Waals surface area contributed by atoms with Crippen molar-refractivity contribution in [3.05, 3.63) is 34.9 Å². The molecule has 3 N–H and O–H groups in total. The molecule has 0 spiro atoms. The van der Waals surface area contributed by atoms with Gasteiger partial charge in [-0.05, 0) is 70.1 Å². The molecule has 1 aromatic carbocycles. The number of carbonyl (C=O) groups is 3. The fourth-order valence-corrected chi connectivity index (χ4v) is 4.71. The van der Waals surface area contributed by atoms with Crippen LogP contribution in [0.15, 0.2) is 18.2 Å². The molecule has 208 valence electrons. The monoisotopic (exact) mass is 517 g/mol. The van der Waals surface area contributed by atoms with E-state index in [9.17, 15) is 19.5 Å². The molecule has 0 radical (unpaired) electrons. The van der Waals surface area contributed by atoms with Crippen LogP contribution in [-0.2, 0) is 14.3 Å². The largest absolute Gasteiger partial charge is 0.444 e. The summed E-state index contributed by atoms with van der Waals surface area (Å²) in [5.74, 6) is -0.906. The smallest absolute Gasteiger partial charge is 0.408 e. The number of carbonyl (C=O) groups excluding carboxylic acids is 3. The van der Waals surface area contributed by atoms with Gasteiger partial charge in [0, 0.05) is 12.6 Å². The second-order valence-electron chi connectivity index (χ2n) is 11.4. The van der Waals surface area contributed by atoms with E-state index in [2.05, 4.69) is 10.6 Å². The lowest BCUT2D eigenvalue weighted by molar-refractivity contribution is -0.144. The number of nitrogens with one attached hydrogen (secondary N) is 2. The molecule has 1 aliphatic rings. The van der Waals surface area contributed by atoms with Crippen LogP contribution in [0.25, 0.3) is 0 Å². The Morgan fingerprint density at radius 1 is 1.11 bits per heavy atom. The normalized spacial score (nSPS) is 16.9. The van der Waals surface area contributed by atoms with Crippen LogP contribution in [0.3, 0.4) is 0 Å². The van der Waals surface area contributed by atoms with Crippen LogP contribution in [0, 0.1) is 19.8 Å². The number of aryl methyl sites for hydroxylation is 2. The van der Waals surface area contributed by atoms with Crippen molar-refractivity contribution in [2.24, 2.45) is 5.92 Å². The van der Waals surface area contributed by atoms with Crippen molar-refractivity contribution in [1.29, 1.82) is 0 Å². The van der Waals surface area contributed by atoms with Gasteiger partial charge < -0.3 is 25.4 Å². The van der Waals surface area contributed by atoms with Crippen molar-refractivity contribution < 1.29 is 24.2 Å². The van der Waals surface area contributed by atoms with Crippen molar-refractivity contribution >= 4 is 17.9 Å². The summed E-state index contributed by atoms with van der Waals surface area (Å²) in [6.07, 6.45) is 5.05. The van der Waals surface area contributed by atoms with Crippen LogP contribution in [0.1, 0.15) is 95.9 Å². The third kappa shape index (κ3) is 9.02. The number of rotatable bonds is 10. The topological polar surface area (TPSA) is 108 Å². The molecule has 0 bridgehead atoms. The van der Waals surface area contributed by atoms with E-state index in [-0.39, 0.29) is 31.0 Å². The van der Waals surface area contributed by atoms with Crippen molar-refractivity contribution in [2.45, 2.75) is 111 Å². The van der Waals surface area contributed by atoms with Gasteiger partial charge in [-0.25, -0.2) is 4.79 Å².